The number of urea groups is 1. The molecule has 2 atom stereocenters. The minimum atomic E-state index is -3.08. The molecule has 0 saturated carbocycles. The number of carbonyl (C=O) groups excluding carboxylic acids is 1. The van der Waals surface area contributed by atoms with Gasteiger partial charge in [-0.2, -0.15) is 0 Å². The lowest BCUT2D eigenvalue weighted by Gasteiger charge is -2.33. The summed E-state index contributed by atoms with van der Waals surface area (Å²) < 4.78 is 50.9. The van der Waals surface area contributed by atoms with Gasteiger partial charge in [-0.3, -0.25) is 0 Å². The number of nitrogens with one attached hydrogen (secondary N) is 1. The van der Waals surface area contributed by atoms with Crippen LogP contribution in [-0.4, -0.2) is 50.0 Å². The van der Waals surface area contributed by atoms with Crippen molar-refractivity contribution in [2.24, 2.45) is 11.8 Å². The Morgan fingerprint density at radius 1 is 1.19 bits per heavy atom. The third kappa shape index (κ3) is 4.34. The normalized spacial score (nSPS) is 26.0. The molecule has 2 fully saturated rings. The molecule has 0 aliphatic carbocycles. The van der Waals surface area contributed by atoms with Crippen molar-refractivity contribution >= 4 is 15.9 Å². The average Bonchev–Trinajstić information content (AvgIpc) is 2.83. The molecular formula is C18H24F2N2O3S. The number of nitrogens with zero attached hydrogens (tertiary/aromatic N) is 1. The van der Waals surface area contributed by atoms with E-state index in [0.717, 1.165) is 0 Å². The molecule has 0 unspecified atom stereocenters. The summed E-state index contributed by atoms with van der Waals surface area (Å²) in [5, 5.41) is 2.82. The molecule has 1 N–H and O–H groups in total. The van der Waals surface area contributed by atoms with Crippen LogP contribution in [0.2, 0.25) is 0 Å². The summed E-state index contributed by atoms with van der Waals surface area (Å²) in [4.78, 5) is 14.0. The maximum absolute atomic E-state index is 13.8. The van der Waals surface area contributed by atoms with Crippen molar-refractivity contribution in [2.45, 2.75) is 32.2 Å². The van der Waals surface area contributed by atoms with Gasteiger partial charge in [0, 0.05) is 24.7 Å². The molecule has 2 aliphatic heterocycles. The fourth-order valence-electron chi connectivity index (χ4n) is 3.81. The molecule has 144 valence electrons. The quantitative estimate of drug-likeness (QED) is 0.867. The Labute approximate surface area is 152 Å². The van der Waals surface area contributed by atoms with Crippen LogP contribution in [0.1, 0.15) is 25.3 Å². The largest absolute Gasteiger partial charge is 0.334 e. The van der Waals surface area contributed by atoms with E-state index < -0.39 is 21.5 Å². The third-order valence-corrected chi connectivity index (χ3v) is 7.30. The van der Waals surface area contributed by atoms with E-state index in [1.165, 1.54) is 18.2 Å². The molecule has 5 nitrogen and oxygen atoms in total. The fourth-order valence-corrected chi connectivity index (χ4v) is 5.94. The summed E-state index contributed by atoms with van der Waals surface area (Å²) in [5.74, 6) is -0.929. The van der Waals surface area contributed by atoms with Crippen molar-refractivity contribution in [3.05, 3.63) is 35.4 Å². The standard InChI is InChI=1S/C18H24F2N2O3S/c1-12-10-26(24,25)11-17(12)21-18(23)22-7-5-13(6-8-22)9-14-15(19)3-2-4-16(14)20/h2-4,12-13,17H,5-11H2,1H3,(H,21,23)/t12-,17+/m0/s1. The molecule has 0 radical (unpaired) electrons. The summed E-state index contributed by atoms with van der Waals surface area (Å²) in [6.45, 7) is 2.82. The first-order valence-electron chi connectivity index (χ1n) is 8.94. The second-order valence-corrected chi connectivity index (χ2v) is 9.60. The summed E-state index contributed by atoms with van der Waals surface area (Å²) in [6.07, 6.45) is 1.66. The number of sulfone groups is 1. The van der Waals surface area contributed by atoms with Gasteiger partial charge in [0.15, 0.2) is 9.84 Å². The zero-order valence-corrected chi connectivity index (χ0v) is 15.6. The smallest absolute Gasteiger partial charge is 0.317 e. The molecule has 0 aromatic heterocycles. The zero-order valence-electron chi connectivity index (χ0n) is 14.7. The van der Waals surface area contributed by atoms with Gasteiger partial charge in [0.05, 0.1) is 11.5 Å². The van der Waals surface area contributed by atoms with Crippen LogP contribution in [0.25, 0.3) is 0 Å². The van der Waals surface area contributed by atoms with Crippen LogP contribution >= 0.6 is 0 Å². The third-order valence-electron chi connectivity index (χ3n) is 5.40. The lowest BCUT2D eigenvalue weighted by atomic mass is 9.90. The van der Waals surface area contributed by atoms with E-state index in [1.54, 1.807) is 4.90 Å². The monoisotopic (exact) mass is 386 g/mol. The van der Waals surface area contributed by atoms with E-state index in [1.807, 2.05) is 6.92 Å². The molecule has 8 heteroatoms. The van der Waals surface area contributed by atoms with Crippen molar-refractivity contribution in [2.75, 3.05) is 24.6 Å². The first kappa shape index (κ1) is 19.1. The van der Waals surface area contributed by atoms with E-state index in [0.29, 0.717) is 32.4 Å². The van der Waals surface area contributed by atoms with Crippen LogP contribution < -0.4 is 5.32 Å². The Balaban J connectivity index is 1.51. The molecule has 2 aliphatic rings. The van der Waals surface area contributed by atoms with Crippen LogP contribution in [0.3, 0.4) is 0 Å². The van der Waals surface area contributed by atoms with E-state index in [9.17, 15) is 22.0 Å². The number of hydrogen-bond acceptors (Lipinski definition) is 3. The van der Waals surface area contributed by atoms with Gasteiger partial charge in [-0.05, 0) is 43.2 Å². The highest BCUT2D eigenvalue weighted by Gasteiger charge is 2.36. The highest BCUT2D eigenvalue weighted by atomic mass is 32.2. The maximum Gasteiger partial charge on any atom is 0.317 e. The number of piperidine rings is 1. The number of rotatable bonds is 3. The molecule has 2 amide bonds. The molecule has 2 heterocycles. The van der Waals surface area contributed by atoms with Crippen molar-refractivity contribution in [3.8, 4) is 0 Å². The van der Waals surface area contributed by atoms with Crippen molar-refractivity contribution in [3.63, 3.8) is 0 Å². The molecule has 0 bridgehead atoms. The number of amides is 2. The summed E-state index contributed by atoms with van der Waals surface area (Å²) in [5.41, 5.74) is 0.111. The molecule has 2 saturated heterocycles. The Hall–Kier alpha value is -1.70. The van der Waals surface area contributed by atoms with Crippen LogP contribution in [0, 0.1) is 23.5 Å². The highest BCUT2D eigenvalue weighted by molar-refractivity contribution is 7.91. The van der Waals surface area contributed by atoms with Crippen molar-refractivity contribution in [1.29, 1.82) is 0 Å². The Morgan fingerprint density at radius 3 is 2.35 bits per heavy atom. The fraction of sp³-hybridized carbons (Fsp3) is 0.611. The van der Waals surface area contributed by atoms with E-state index in [2.05, 4.69) is 5.32 Å². The van der Waals surface area contributed by atoms with Crippen LogP contribution in [0.5, 0.6) is 0 Å². The van der Waals surface area contributed by atoms with Crippen LogP contribution in [0.15, 0.2) is 18.2 Å². The number of halogens is 2. The molecular weight excluding hydrogens is 362 g/mol. The van der Waals surface area contributed by atoms with Gasteiger partial charge >= 0.3 is 6.03 Å². The number of hydrogen-bond donors (Lipinski definition) is 1. The van der Waals surface area contributed by atoms with Crippen LogP contribution in [0.4, 0.5) is 13.6 Å². The van der Waals surface area contributed by atoms with E-state index in [-0.39, 0.29) is 41.0 Å². The summed E-state index contributed by atoms with van der Waals surface area (Å²) in [7, 11) is -3.08. The van der Waals surface area contributed by atoms with Gasteiger partial charge in [0.1, 0.15) is 11.6 Å². The van der Waals surface area contributed by atoms with Gasteiger partial charge in [0.25, 0.3) is 0 Å². The van der Waals surface area contributed by atoms with Crippen molar-refractivity contribution in [1.82, 2.24) is 10.2 Å². The topological polar surface area (TPSA) is 66.5 Å². The molecule has 26 heavy (non-hydrogen) atoms. The van der Waals surface area contributed by atoms with Gasteiger partial charge in [-0.15, -0.1) is 0 Å². The summed E-state index contributed by atoms with van der Waals surface area (Å²) in [6, 6.07) is 3.27. The average molecular weight is 386 g/mol. The van der Waals surface area contributed by atoms with Gasteiger partial charge in [0.2, 0.25) is 0 Å². The Kier molecular flexibility index (Phi) is 5.50. The minimum Gasteiger partial charge on any atom is -0.334 e. The first-order chi connectivity index (χ1) is 12.2. The molecule has 1 aromatic rings. The lowest BCUT2D eigenvalue weighted by Crippen LogP contribution is -2.49. The molecule has 0 spiro atoms. The SMILES string of the molecule is C[C@H]1CS(=O)(=O)C[C@H]1NC(=O)N1CCC(Cc2c(F)cccc2F)CC1. The van der Waals surface area contributed by atoms with Gasteiger partial charge < -0.3 is 10.2 Å². The number of benzene rings is 1. The molecule has 1 aromatic carbocycles. The van der Waals surface area contributed by atoms with Crippen LogP contribution in [-0.2, 0) is 16.3 Å². The first-order valence-corrected chi connectivity index (χ1v) is 10.8. The number of likely N-dealkylation sites (tertiary alicyclic amines) is 1. The highest BCUT2D eigenvalue weighted by Crippen LogP contribution is 2.25. The van der Waals surface area contributed by atoms with E-state index >= 15 is 0 Å². The van der Waals surface area contributed by atoms with Crippen molar-refractivity contribution < 1.29 is 22.0 Å². The lowest BCUT2D eigenvalue weighted by molar-refractivity contribution is 0.165. The van der Waals surface area contributed by atoms with Gasteiger partial charge in [-0.25, -0.2) is 22.0 Å². The Morgan fingerprint density at radius 2 is 1.81 bits per heavy atom. The summed E-state index contributed by atoms with van der Waals surface area (Å²) >= 11 is 0. The maximum atomic E-state index is 13.8. The second kappa shape index (κ2) is 7.50. The second-order valence-electron chi connectivity index (χ2n) is 7.44. The minimum absolute atomic E-state index is 0.0110. The predicted molar refractivity (Wildman–Crippen MR) is 94.5 cm³/mol. The predicted octanol–water partition coefficient (Wildman–Crippen LogP) is 2.36. The van der Waals surface area contributed by atoms with E-state index in [4.69, 9.17) is 0 Å². The molecule has 3 rings (SSSR count). The van der Waals surface area contributed by atoms with Gasteiger partial charge in [-0.1, -0.05) is 13.0 Å². The zero-order chi connectivity index (χ0) is 18.9. The number of carbonyl (C=O) groups is 1. The Bertz CT molecular complexity index is 756.